The van der Waals surface area contributed by atoms with Crippen molar-refractivity contribution >= 4 is 39.3 Å². The fourth-order valence-electron chi connectivity index (χ4n) is 1.51. The van der Waals surface area contributed by atoms with Gasteiger partial charge in [-0.25, -0.2) is 0 Å². The first-order valence-corrected chi connectivity index (χ1v) is 6.33. The second-order valence-corrected chi connectivity index (χ2v) is 5.37. The van der Waals surface area contributed by atoms with E-state index >= 15 is 0 Å². The lowest BCUT2D eigenvalue weighted by Gasteiger charge is -2.25. The molecule has 1 aromatic rings. The van der Waals surface area contributed by atoms with Crippen molar-refractivity contribution in [2.75, 3.05) is 11.1 Å². The van der Waals surface area contributed by atoms with E-state index < -0.39 is 5.97 Å². The normalized spacial score (nSPS) is 19.1. The van der Waals surface area contributed by atoms with E-state index in [1.807, 2.05) is 18.2 Å². The maximum absolute atomic E-state index is 10.6. The van der Waals surface area contributed by atoms with Crippen molar-refractivity contribution in [2.45, 2.75) is 17.4 Å². The Morgan fingerprint density at radius 2 is 2.47 bits per heavy atom. The Hall–Kier alpha value is -0.680. The molecule has 0 spiro atoms. The molecule has 2 rings (SSSR count). The Bertz CT molecular complexity index is 397. The van der Waals surface area contributed by atoms with Gasteiger partial charge in [-0.1, -0.05) is 15.9 Å². The highest BCUT2D eigenvalue weighted by Crippen LogP contribution is 2.35. The lowest BCUT2D eigenvalue weighted by Crippen LogP contribution is -2.28. The fraction of sp³-hybridized carbons (Fsp3) is 0.300. The average Bonchev–Trinajstić information content (AvgIpc) is 2.17. The number of thioether (sulfide) groups is 1. The summed E-state index contributed by atoms with van der Waals surface area (Å²) in [5.74, 6) is 0.0455. The number of carboxylic acids is 1. The molecule has 15 heavy (non-hydrogen) atoms. The third-order valence-corrected chi connectivity index (χ3v) is 3.88. The molecule has 3 nitrogen and oxygen atoms in total. The molecule has 0 fully saturated rings. The third-order valence-electron chi connectivity index (χ3n) is 2.16. The van der Waals surface area contributed by atoms with Crippen LogP contribution in [-0.4, -0.2) is 22.9 Å². The molecule has 5 heteroatoms. The van der Waals surface area contributed by atoms with Gasteiger partial charge in [-0.15, -0.1) is 11.8 Å². The highest BCUT2D eigenvalue weighted by molar-refractivity contribution is 9.10. The topological polar surface area (TPSA) is 49.3 Å². The van der Waals surface area contributed by atoms with E-state index in [4.69, 9.17) is 5.11 Å². The van der Waals surface area contributed by atoms with Gasteiger partial charge >= 0.3 is 5.97 Å². The summed E-state index contributed by atoms with van der Waals surface area (Å²) in [6.07, 6.45) is 0.169. The summed E-state index contributed by atoms with van der Waals surface area (Å²) >= 11 is 5.11. The zero-order chi connectivity index (χ0) is 10.8. The first-order chi connectivity index (χ1) is 7.15. The number of carbonyl (C=O) groups is 1. The Morgan fingerprint density at radius 1 is 1.67 bits per heavy atom. The minimum Gasteiger partial charge on any atom is -0.481 e. The van der Waals surface area contributed by atoms with Crippen LogP contribution in [0.4, 0.5) is 5.69 Å². The summed E-state index contributed by atoms with van der Waals surface area (Å²) in [6, 6.07) is 6.00. The van der Waals surface area contributed by atoms with Crippen LogP contribution in [0.1, 0.15) is 6.42 Å². The molecular weight excluding hydrogens is 278 g/mol. The lowest BCUT2D eigenvalue weighted by atomic mass is 10.2. The van der Waals surface area contributed by atoms with Crippen LogP contribution >= 0.6 is 27.7 Å². The largest absolute Gasteiger partial charge is 0.481 e. The molecule has 0 saturated heterocycles. The number of hydrogen-bond acceptors (Lipinski definition) is 3. The SMILES string of the molecule is O=C(O)CC1CSc2cc(Br)ccc2N1. The molecule has 80 valence electrons. The fourth-order valence-corrected chi connectivity index (χ4v) is 3.09. The molecule has 1 heterocycles. The molecule has 0 radical (unpaired) electrons. The van der Waals surface area contributed by atoms with Crippen LogP contribution in [0, 0.1) is 0 Å². The third kappa shape index (κ3) is 2.66. The molecule has 1 aromatic carbocycles. The first kappa shape index (κ1) is 10.8. The maximum Gasteiger partial charge on any atom is 0.305 e. The van der Waals surface area contributed by atoms with Gasteiger partial charge in [0.15, 0.2) is 0 Å². The molecule has 0 aliphatic carbocycles. The van der Waals surface area contributed by atoms with Gasteiger partial charge in [-0.3, -0.25) is 4.79 Å². The van der Waals surface area contributed by atoms with Crippen LogP contribution in [0.15, 0.2) is 27.6 Å². The van der Waals surface area contributed by atoms with Gasteiger partial charge in [-0.2, -0.15) is 0 Å². The van der Waals surface area contributed by atoms with E-state index in [9.17, 15) is 4.79 Å². The van der Waals surface area contributed by atoms with Gasteiger partial charge in [0.25, 0.3) is 0 Å². The quantitative estimate of drug-likeness (QED) is 0.878. The Balaban J connectivity index is 2.13. The number of aliphatic carboxylic acids is 1. The number of anilines is 1. The number of rotatable bonds is 2. The molecule has 1 aliphatic rings. The second-order valence-electron chi connectivity index (χ2n) is 3.39. The van der Waals surface area contributed by atoms with E-state index in [0.717, 1.165) is 15.9 Å². The van der Waals surface area contributed by atoms with Crippen molar-refractivity contribution in [1.29, 1.82) is 0 Å². The smallest absolute Gasteiger partial charge is 0.305 e. The van der Waals surface area contributed by atoms with Crippen LogP contribution in [0.25, 0.3) is 0 Å². The van der Waals surface area contributed by atoms with E-state index in [-0.39, 0.29) is 12.5 Å². The maximum atomic E-state index is 10.6. The summed E-state index contributed by atoms with van der Waals surface area (Å²) in [7, 11) is 0. The number of benzene rings is 1. The van der Waals surface area contributed by atoms with E-state index in [1.165, 1.54) is 4.90 Å². The molecule has 0 amide bonds. The van der Waals surface area contributed by atoms with Crippen LogP contribution < -0.4 is 5.32 Å². The van der Waals surface area contributed by atoms with Crippen LogP contribution in [0.2, 0.25) is 0 Å². The minimum atomic E-state index is -0.756. The Morgan fingerprint density at radius 3 is 3.20 bits per heavy atom. The number of hydrogen-bond donors (Lipinski definition) is 2. The highest BCUT2D eigenvalue weighted by Gasteiger charge is 2.20. The highest BCUT2D eigenvalue weighted by atomic mass is 79.9. The molecule has 0 aromatic heterocycles. The monoisotopic (exact) mass is 287 g/mol. The Labute approximate surface area is 100 Å². The molecule has 1 aliphatic heterocycles. The average molecular weight is 288 g/mol. The van der Waals surface area contributed by atoms with E-state index in [1.54, 1.807) is 11.8 Å². The molecule has 1 atom stereocenters. The summed E-state index contributed by atoms with van der Waals surface area (Å²) < 4.78 is 1.05. The molecule has 0 saturated carbocycles. The lowest BCUT2D eigenvalue weighted by molar-refractivity contribution is -0.137. The zero-order valence-corrected chi connectivity index (χ0v) is 10.3. The molecular formula is C10H10BrNO2S. The van der Waals surface area contributed by atoms with Crippen molar-refractivity contribution in [2.24, 2.45) is 0 Å². The van der Waals surface area contributed by atoms with Crippen LogP contribution in [0.3, 0.4) is 0 Å². The van der Waals surface area contributed by atoms with E-state index in [0.29, 0.717) is 0 Å². The first-order valence-electron chi connectivity index (χ1n) is 4.56. The number of halogens is 1. The number of carboxylic acid groups (broad SMARTS) is 1. The van der Waals surface area contributed by atoms with Gasteiger partial charge in [0.1, 0.15) is 0 Å². The van der Waals surface area contributed by atoms with Crippen LogP contribution in [0.5, 0.6) is 0 Å². The molecule has 0 bridgehead atoms. The van der Waals surface area contributed by atoms with Gasteiger partial charge in [0.05, 0.1) is 6.42 Å². The summed E-state index contributed by atoms with van der Waals surface area (Å²) in [4.78, 5) is 11.7. The van der Waals surface area contributed by atoms with Crippen molar-refractivity contribution in [3.05, 3.63) is 22.7 Å². The predicted molar refractivity (Wildman–Crippen MR) is 64.5 cm³/mol. The number of nitrogens with one attached hydrogen (secondary N) is 1. The standard InChI is InChI=1S/C10H10BrNO2S/c11-6-1-2-8-9(3-6)15-5-7(12-8)4-10(13)14/h1-3,7,12H,4-5H2,(H,13,14). The predicted octanol–water partition coefficient (Wildman–Crippen LogP) is 2.81. The van der Waals surface area contributed by atoms with Gasteiger partial charge in [0.2, 0.25) is 0 Å². The van der Waals surface area contributed by atoms with Crippen molar-refractivity contribution < 1.29 is 9.90 Å². The van der Waals surface area contributed by atoms with Crippen molar-refractivity contribution in [3.8, 4) is 0 Å². The summed E-state index contributed by atoms with van der Waals surface area (Å²) in [5.41, 5.74) is 1.03. The van der Waals surface area contributed by atoms with E-state index in [2.05, 4.69) is 21.2 Å². The van der Waals surface area contributed by atoms with Gasteiger partial charge in [0, 0.05) is 26.9 Å². The van der Waals surface area contributed by atoms with Gasteiger partial charge < -0.3 is 10.4 Å². The zero-order valence-electron chi connectivity index (χ0n) is 7.87. The second kappa shape index (κ2) is 4.45. The summed E-state index contributed by atoms with van der Waals surface area (Å²) in [6.45, 7) is 0. The minimum absolute atomic E-state index is 0.0289. The molecule has 2 N–H and O–H groups in total. The number of fused-ring (bicyclic) bond motifs is 1. The molecule has 1 unspecified atom stereocenters. The van der Waals surface area contributed by atoms with Crippen LogP contribution in [-0.2, 0) is 4.79 Å². The van der Waals surface area contributed by atoms with Gasteiger partial charge in [-0.05, 0) is 18.2 Å². The Kier molecular flexibility index (Phi) is 3.21. The van der Waals surface area contributed by atoms with Crippen molar-refractivity contribution in [3.63, 3.8) is 0 Å². The summed E-state index contributed by atoms with van der Waals surface area (Å²) in [5, 5.41) is 11.9. The van der Waals surface area contributed by atoms with Crippen molar-refractivity contribution in [1.82, 2.24) is 0 Å².